The summed E-state index contributed by atoms with van der Waals surface area (Å²) in [6, 6.07) is -0.673. The van der Waals surface area contributed by atoms with E-state index in [0.717, 1.165) is 4.22 Å². The van der Waals surface area contributed by atoms with E-state index in [1.165, 1.54) is 12.3 Å². The summed E-state index contributed by atoms with van der Waals surface area (Å²) >= 11 is 4.63. The lowest BCUT2D eigenvalue weighted by atomic mass is 10.2. The number of nitrogens with zero attached hydrogens (tertiary/aromatic N) is 1. The van der Waals surface area contributed by atoms with Gasteiger partial charge in [-0.15, -0.1) is 0 Å². The minimum atomic E-state index is -4.43. The van der Waals surface area contributed by atoms with Crippen LogP contribution in [0.25, 0.3) is 0 Å². The third-order valence-electron chi connectivity index (χ3n) is 1.37. The Bertz CT molecular complexity index is 336. The molecule has 0 saturated heterocycles. The maximum Gasteiger partial charge on any atom is 0.418 e. The highest BCUT2D eigenvalue weighted by Gasteiger charge is 2.42. The van der Waals surface area contributed by atoms with Crippen molar-refractivity contribution in [3.63, 3.8) is 0 Å². The first-order chi connectivity index (χ1) is 6.45. The van der Waals surface area contributed by atoms with Crippen molar-refractivity contribution < 1.29 is 17.6 Å². The Kier molecular flexibility index (Phi) is 3.99. The molecule has 1 aromatic rings. The summed E-state index contributed by atoms with van der Waals surface area (Å²) in [7, 11) is 0. The number of hydrogen-bond donors (Lipinski definition) is 0. The largest absolute Gasteiger partial charge is 0.465 e. The first-order valence-electron chi connectivity index (χ1n) is 3.37. The molecular formula is C7H4BrF3INO. The molecule has 1 aromatic heterocycles. The zero-order valence-corrected chi connectivity index (χ0v) is 10.3. The van der Waals surface area contributed by atoms with Gasteiger partial charge in [-0.1, -0.05) is 0 Å². The van der Waals surface area contributed by atoms with E-state index in [2.05, 4.69) is 20.9 Å². The number of furan rings is 1. The normalized spacial score (nSPS) is 14.9. The van der Waals surface area contributed by atoms with Crippen LogP contribution in [-0.2, 0) is 0 Å². The highest BCUT2D eigenvalue weighted by molar-refractivity contribution is 14.1. The maximum atomic E-state index is 12.4. The fraction of sp³-hybridized carbons (Fsp3) is 0.286. The van der Waals surface area contributed by atoms with E-state index in [1.54, 1.807) is 22.6 Å². The monoisotopic (exact) mass is 381 g/mol. The zero-order chi connectivity index (χ0) is 10.8. The van der Waals surface area contributed by atoms with Crippen molar-refractivity contribution in [3.8, 4) is 0 Å². The SMILES string of the molecule is FC(F)(F)[C@@H](N=CI)c1cc(Br)co1. The number of hydrogen-bond acceptors (Lipinski definition) is 2. The molecule has 0 radical (unpaired) electrons. The molecule has 0 saturated carbocycles. The van der Waals surface area contributed by atoms with Gasteiger partial charge in [-0.2, -0.15) is 13.2 Å². The summed E-state index contributed by atoms with van der Waals surface area (Å²) in [5.74, 6) is -0.225. The average Bonchev–Trinajstić information content (AvgIpc) is 2.45. The Morgan fingerprint density at radius 3 is 2.57 bits per heavy atom. The van der Waals surface area contributed by atoms with Gasteiger partial charge in [0.1, 0.15) is 12.0 Å². The quantitative estimate of drug-likeness (QED) is 0.559. The molecule has 0 unspecified atom stereocenters. The Morgan fingerprint density at radius 2 is 2.21 bits per heavy atom. The molecule has 0 aliphatic heterocycles. The summed E-state index contributed by atoms with van der Waals surface area (Å²) in [4.78, 5) is 3.30. The number of alkyl halides is 3. The second kappa shape index (κ2) is 4.65. The van der Waals surface area contributed by atoms with Crippen LogP contribution in [0.5, 0.6) is 0 Å². The zero-order valence-electron chi connectivity index (χ0n) is 6.55. The van der Waals surface area contributed by atoms with E-state index in [9.17, 15) is 13.2 Å². The Balaban J connectivity index is 3.00. The second-order valence-corrected chi connectivity index (χ2v) is 3.83. The summed E-state index contributed by atoms with van der Waals surface area (Å²) < 4.78 is 43.5. The van der Waals surface area contributed by atoms with Gasteiger partial charge in [0.2, 0.25) is 6.04 Å². The van der Waals surface area contributed by atoms with Crippen LogP contribution in [0, 0.1) is 0 Å². The molecule has 1 heterocycles. The third kappa shape index (κ3) is 2.97. The van der Waals surface area contributed by atoms with Crippen molar-refractivity contribution >= 4 is 42.7 Å². The van der Waals surface area contributed by atoms with Gasteiger partial charge in [-0.25, -0.2) is 0 Å². The predicted octanol–water partition coefficient (Wildman–Crippen LogP) is 4.11. The van der Waals surface area contributed by atoms with Crippen LogP contribution in [0.1, 0.15) is 11.8 Å². The van der Waals surface area contributed by atoms with E-state index in [0.29, 0.717) is 4.47 Å². The van der Waals surface area contributed by atoms with Gasteiger partial charge in [0.15, 0.2) is 0 Å². The molecule has 1 rings (SSSR count). The molecular weight excluding hydrogens is 378 g/mol. The van der Waals surface area contributed by atoms with Crippen molar-refractivity contribution in [2.75, 3.05) is 0 Å². The Labute approximate surface area is 99.8 Å². The fourth-order valence-electron chi connectivity index (χ4n) is 0.847. The van der Waals surface area contributed by atoms with Crippen molar-refractivity contribution in [2.24, 2.45) is 4.99 Å². The first kappa shape index (κ1) is 12.0. The predicted molar refractivity (Wildman–Crippen MR) is 57.7 cm³/mol. The molecule has 0 bridgehead atoms. The van der Waals surface area contributed by atoms with E-state index in [-0.39, 0.29) is 5.76 Å². The molecule has 0 N–H and O–H groups in total. The van der Waals surface area contributed by atoms with E-state index >= 15 is 0 Å². The highest BCUT2D eigenvalue weighted by Crippen LogP contribution is 2.37. The fourth-order valence-corrected chi connectivity index (χ4v) is 1.49. The topological polar surface area (TPSA) is 25.5 Å². The van der Waals surface area contributed by atoms with Gasteiger partial charge in [0, 0.05) is 0 Å². The van der Waals surface area contributed by atoms with Crippen molar-refractivity contribution in [1.29, 1.82) is 0 Å². The van der Waals surface area contributed by atoms with Gasteiger partial charge in [0.05, 0.1) is 8.69 Å². The Morgan fingerprint density at radius 1 is 1.57 bits per heavy atom. The minimum absolute atomic E-state index is 0.225. The summed E-state index contributed by atoms with van der Waals surface area (Å²) in [5.41, 5.74) is 0. The molecule has 78 valence electrons. The van der Waals surface area contributed by atoms with Gasteiger partial charge < -0.3 is 4.42 Å². The second-order valence-electron chi connectivity index (χ2n) is 2.36. The van der Waals surface area contributed by atoms with Crippen molar-refractivity contribution in [1.82, 2.24) is 0 Å². The first-order valence-corrected chi connectivity index (χ1v) is 5.41. The van der Waals surface area contributed by atoms with Crippen LogP contribution in [0.2, 0.25) is 0 Å². The van der Waals surface area contributed by atoms with Gasteiger partial charge >= 0.3 is 6.18 Å². The summed E-state index contributed by atoms with van der Waals surface area (Å²) in [6.07, 6.45) is -3.24. The van der Waals surface area contributed by atoms with Crippen LogP contribution >= 0.6 is 38.5 Å². The highest BCUT2D eigenvalue weighted by atomic mass is 127. The standard InChI is InChI=1S/C7H4BrF3INO/c8-4-1-5(14-2-4)6(13-3-12)7(9,10)11/h1-3,6H/t6-/m0/s1. The number of halogens is 5. The minimum Gasteiger partial charge on any atom is -0.465 e. The van der Waals surface area contributed by atoms with Crippen LogP contribution < -0.4 is 0 Å². The molecule has 7 heteroatoms. The number of rotatable bonds is 2. The lowest BCUT2D eigenvalue weighted by molar-refractivity contribution is -0.151. The summed E-state index contributed by atoms with van der Waals surface area (Å²) in [6.45, 7) is 0. The van der Waals surface area contributed by atoms with Crippen LogP contribution in [0.15, 0.2) is 26.2 Å². The molecule has 14 heavy (non-hydrogen) atoms. The van der Waals surface area contributed by atoms with Crippen LogP contribution in [0.3, 0.4) is 0 Å². The summed E-state index contributed by atoms with van der Waals surface area (Å²) in [5, 5.41) is 0. The lowest BCUT2D eigenvalue weighted by Gasteiger charge is -2.12. The Hall–Kier alpha value is -0.0500. The van der Waals surface area contributed by atoms with Crippen molar-refractivity contribution in [2.45, 2.75) is 12.2 Å². The maximum absolute atomic E-state index is 12.4. The van der Waals surface area contributed by atoms with Gasteiger partial charge in [-0.3, -0.25) is 4.99 Å². The third-order valence-corrected chi connectivity index (χ3v) is 2.11. The van der Waals surface area contributed by atoms with Gasteiger partial charge in [0.25, 0.3) is 0 Å². The van der Waals surface area contributed by atoms with E-state index < -0.39 is 12.2 Å². The molecule has 0 amide bonds. The average molecular weight is 382 g/mol. The molecule has 2 nitrogen and oxygen atoms in total. The van der Waals surface area contributed by atoms with E-state index in [4.69, 9.17) is 4.42 Å². The molecule has 0 aromatic carbocycles. The molecule has 0 aliphatic carbocycles. The molecule has 0 spiro atoms. The molecule has 1 atom stereocenters. The van der Waals surface area contributed by atoms with Crippen LogP contribution in [0.4, 0.5) is 13.2 Å². The smallest absolute Gasteiger partial charge is 0.418 e. The van der Waals surface area contributed by atoms with Gasteiger partial charge in [-0.05, 0) is 44.6 Å². The van der Waals surface area contributed by atoms with E-state index in [1.807, 2.05) is 0 Å². The number of aliphatic imine (C=N–C) groups is 1. The molecule has 0 fully saturated rings. The molecule has 0 aliphatic rings. The lowest BCUT2D eigenvalue weighted by Crippen LogP contribution is -2.18. The van der Waals surface area contributed by atoms with Crippen LogP contribution in [-0.4, -0.2) is 10.4 Å². The van der Waals surface area contributed by atoms with Crippen molar-refractivity contribution in [3.05, 3.63) is 22.6 Å².